The van der Waals surface area contributed by atoms with Crippen LogP contribution < -0.4 is 0 Å². The van der Waals surface area contributed by atoms with Crippen molar-refractivity contribution in [2.45, 2.75) is 24.9 Å². The Morgan fingerprint density at radius 2 is 1.97 bits per heavy atom. The zero-order chi connectivity index (χ0) is 22.3. The molecule has 4 heterocycles. The molecule has 0 bridgehead atoms. The van der Waals surface area contributed by atoms with Crippen LogP contribution in [0.4, 0.5) is 13.2 Å². The van der Waals surface area contributed by atoms with Crippen molar-refractivity contribution in [1.82, 2.24) is 29.6 Å². The van der Waals surface area contributed by atoms with Gasteiger partial charge in [-0.1, -0.05) is 35.5 Å². The van der Waals surface area contributed by atoms with Gasteiger partial charge in [0.2, 0.25) is 5.76 Å². The normalized spacial score (nSPS) is 17.1. The lowest BCUT2D eigenvalue weighted by Gasteiger charge is -2.32. The minimum atomic E-state index is -4.61. The molecule has 8 nitrogen and oxygen atoms in total. The number of carbonyl (C=O) groups excluding carboxylic acids is 1. The van der Waals surface area contributed by atoms with Gasteiger partial charge in [-0.25, -0.2) is 4.98 Å². The molecule has 1 amide bonds. The van der Waals surface area contributed by atoms with Crippen LogP contribution in [0.2, 0.25) is 0 Å². The third-order valence-electron chi connectivity index (χ3n) is 5.48. The molecule has 0 saturated carbocycles. The summed E-state index contributed by atoms with van der Waals surface area (Å²) >= 11 is 0. The predicted molar refractivity (Wildman–Crippen MR) is 106 cm³/mol. The largest absolute Gasteiger partial charge is 0.433 e. The molecule has 3 aromatic heterocycles. The van der Waals surface area contributed by atoms with Crippen LogP contribution in [0.1, 0.15) is 40.7 Å². The number of alkyl halides is 3. The van der Waals surface area contributed by atoms with Crippen LogP contribution in [0.25, 0.3) is 17.0 Å². The Balaban J connectivity index is 1.39. The molecule has 1 atom stereocenters. The smallest absolute Gasteiger partial charge is 0.350 e. The molecule has 0 spiro atoms. The van der Waals surface area contributed by atoms with E-state index >= 15 is 0 Å². The van der Waals surface area contributed by atoms with E-state index in [1.54, 1.807) is 11.0 Å². The number of hydrogen-bond acceptors (Lipinski definition) is 6. The molecule has 1 aliphatic rings. The number of hydrogen-bond donors (Lipinski definition) is 0. The number of carbonyl (C=O) groups is 1. The first-order valence-corrected chi connectivity index (χ1v) is 9.99. The lowest BCUT2D eigenvalue weighted by Crippen LogP contribution is -2.39. The van der Waals surface area contributed by atoms with Crippen LogP contribution in [0.15, 0.2) is 53.3 Å². The van der Waals surface area contributed by atoms with E-state index in [1.165, 1.54) is 0 Å². The third kappa shape index (κ3) is 3.70. The van der Waals surface area contributed by atoms with E-state index in [-0.39, 0.29) is 35.6 Å². The van der Waals surface area contributed by atoms with Crippen molar-refractivity contribution in [3.8, 4) is 11.3 Å². The fraction of sp³-hybridized carbons (Fsp3) is 0.286. The van der Waals surface area contributed by atoms with Crippen molar-refractivity contribution in [1.29, 1.82) is 0 Å². The molecule has 4 aromatic rings. The SMILES string of the molecule is O=C(c1cc(-c2ccccc2)no1)N1CCCC(c2cc(C(F)(F)F)n3ncnc3n2)C1. The fourth-order valence-electron chi connectivity index (χ4n) is 3.92. The Morgan fingerprint density at radius 1 is 1.16 bits per heavy atom. The van der Waals surface area contributed by atoms with Crippen LogP contribution in [-0.2, 0) is 6.18 Å². The summed E-state index contributed by atoms with van der Waals surface area (Å²) in [6.45, 7) is 0.685. The minimum absolute atomic E-state index is 0.0846. The molecule has 5 rings (SSSR count). The lowest BCUT2D eigenvalue weighted by atomic mass is 9.94. The number of rotatable bonds is 3. The van der Waals surface area contributed by atoms with E-state index < -0.39 is 11.9 Å². The lowest BCUT2D eigenvalue weighted by molar-refractivity contribution is -0.142. The third-order valence-corrected chi connectivity index (χ3v) is 5.48. The Morgan fingerprint density at radius 3 is 2.75 bits per heavy atom. The first kappa shape index (κ1) is 20.2. The number of aromatic nitrogens is 5. The standard InChI is InChI=1S/C21H17F3N6O2/c22-21(23,24)18-10-15(27-20-25-12-26-30(18)20)14-7-4-8-29(11-14)19(31)17-9-16(28-32-17)13-5-2-1-3-6-13/h1-3,5-6,9-10,12,14H,4,7-8,11H2. The van der Waals surface area contributed by atoms with Crippen LogP contribution in [0.3, 0.4) is 0 Å². The molecule has 1 unspecified atom stereocenters. The highest BCUT2D eigenvalue weighted by Crippen LogP contribution is 2.33. The van der Waals surface area contributed by atoms with Gasteiger partial charge < -0.3 is 9.42 Å². The Kier molecular flexibility index (Phi) is 4.87. The Labute approximate surface area is 179 Å². The van der Waals surface area contributed by atoms with Gasteiger partial charge in [0.15, 0.2) is 5.69 Å². The van der Waals surface area contributed by atoms with Crippen molar-refractivity contribution >= 4 is 11.7 Å². The summed E-state index contributed by atoms with van der Waals surface area (Å²) in [5.41, 5.74) is 0.646. The fourth-order valence-corrected chi connectivity index (χ4v) is 3.92. The summed E-state index contributed by atoms with van der Waals surface area (Å²) in [5, 5.41) is 7.59. The zero-order valence-corrected chi connectivity index (χ0v) is 16.7. The molecular formula is C21H17F3N6O2. The van der Waals surface area contributed by atoms with Gasteiger partial charge in [0.25, 0.3) is 11.7 Å². The van der Waals surface area contributed by atoms with Crippen LogP contribution in [-0.4, -0.2) is 48.6 Å². The van der Waals surface area contributed by atoms with Gasteiger partial charge in [0.05, 0.1) is 5.69 Å². The second-order valence-corrected chi connectivity index (χ2v) is 7.57. The van der Waals surface area contributed by atoms with E-state index in [0.29, 0.717) is 29.6 Å². The van der Waals surface area contributed by atoms with Crippen molar-refractivity contribution in [3.63, 3.8) is 0 Å². The second-order valence-electron chi connectivity index (χ2n) is 7.57. The van der Waals surface area contributed by atoms with Crippen molar-refractivity contribution in [3.05, 3.63) is 65.9 Å². The number of likely N-dealkylation sites (tertiary alicyclic amines) is 1. The van der Waals surface area contributed by atoms with Crippen molar-refractivity contribution < 1.29 is 22.5 Å². The molecule has 0 aliphatic carbocycles. The van der Waals surface area contributed by atoms with Gasteiger partial charge >= 0.3 is 6.18 Å². The summed E-state index contributed by atoms with van der Waals surface area (Å²) < 4.78 is 46.5. The van der Waals surface area contributed by atoms with Gasteiger partial charge in [0.1, 0.15) is 12.0 Å². The monoisotopic (exact) mass is 442 g/mol. The van der Waals surface area contributed by atoms with E-state index in [0.717, 1.165) is 18.0 Å². The topological polar surface area (TPSA) is 89.4 Å². The molecule has 1 aromatic carbocycles. The van der Waals surface area contributed by atoms with Crippen LogP contribution >= 0.6 is 0 Å². The maximum Gasteiger partial charge on any atom is 0.433 e. The van der Waals surface area contributed by atoms with Crippen LogP contribution in [0, 0.1) is 0 Å². The minimum Gasteiger partial charge on any atom is -0.350 e. The van der Waals surface area contributed by atoms with Gasteiger partial charge in [-0.05, 0) is 18.9 Å². The highest BCUT2D eigenvalue weighted by atomic mass is 19.4. The van der Waals surface area contributed by atoms with Gasteiger partial charge in [-0.15, -0.1) is 0 Å². The van der Waals surface area contributed by atoms with Crippen molar-refractivity contribution in [2.75, 3.05) is 13.1 Å². The number of halogens is 3. The highest BCUT2D eigenvalue weighted by molar-refractivity contribution is 5.92. The van der Waals surface area contributed by atoms with E-state index in [1.807, 2.05) is 30.3 Å². The maximum atomic E-state index is 13.5. The zero-order valence-electron chi connectivity index (χ0n) is 16.7. The average Bonchev–Trinajstić information content (AvgIpc) is 3.48. The molecule has 32 heavy (non-hydrogen) atoms. The molecule has 1 aliphatic heterocycles. The Hall–Kier alpha value is -3.76. The van der Waals surface area contributed by atoms with E-state index in [9.17, 15) is 18.0 Å². The van der Waals surface area contributed by atoms with Gasteiger partial charge in [-0.2, -0.15) is 27.8 Å². The maximum absolute atomic E-state index is 13.5. The molecule has 1 saturated heterocycles. The van der Waals surface area contributed by atoms with Gasteiger partial charge in [-0.3, -0.25) is 4.79 Å². The predicted octanol–water partition coefficient (Wildman–Crippen LogP) is 3.82. The van der Waals surface area contributed by atoms with E-state index in [4.69, 9.17) is 4.52 Å². The molecule has 11 heteroatoms. The number of benzene rings is 1. The average molecular weight is 442 g/mol. The van der Waals surface area contributed by atoms with E-state index in [2.05, 4.69) is 20.2 Å². The van der Waals surface area contributed by atoms with Gasteiger partial charge in [0, 0.05) is 30.6 Å². The number of fused-ring (bicyclic) bond motifs is 1. The van der Waals surface area contributed by atoms with Crippen molar-refractivity contribution in [2.24, 2.45) is 0 Å². The second kappa shape index (κ2) is 7.74. The highest BCUT2D eigenvalue weighted by Gasteiger charge is 2.37. The summed E-state index contributed by atoms with van der Waals surface area (Å²) in [6, 6.07) is 11.9. The first-order chi connectivity index (χ1) is 15.4. The molecule has 0 N–H and O–H groups in total. The summed E-state index contributed by atoms with van der Waals surface area (Å²) in [4.78, 5) is 22.6. The summed E-state index contributed by atoms with van der Waals surface area (Å²) in [5.74, 6) is -0.765. The number of nitrogens with zero attached hydrogens (tertiary/aromatic N) is 6. The molecule has 164 valence electrons. The number of piperidine rings is 1. The molecule has 0 radical (unpaired) electrons. The summed E-state index contributed by atoms with van der Waals surface area (Å²) in [6.07, 6.45) is -2.35. The first-order valence-electron chi connectivity index (χ1n) is 9.99. The number of amides is 1. The quantitative estimate of drug-likeness (QED) is 0.479. The van der Waals surface area contributed by atoms with Crippen LogP contribution in [0.5, 0.6) is 0 Å². The summed E-state index contributed by atoms with van der Waals surface area (Å²) in [7, 11) is 0. The molecular weight excluding hydrogens is 425 g/mol. The Bertz CT molecular complexity index is 1270. The molecule has 1 fully saturated rings.